The number of hydrogen-bond donors (Lipinski definition) is 5. The molecule has 0 fully saturated rings. The third-order valence-corrected chi connectivity index (χ3v) is 2.28. The van der Waals surface area contributed by atoms with Crippen LogP contribution in [0.1, 0.15) is 0 Å². The number of rotatable bonds is 5. The number of carbonyl (C=O) groups is 1. The third-order valence-electron chi connectivity index (χ3n) is 1.61. The summed E-state index contributed by atoms with van der Waals surface area (Å²) < 4.78 is 4.22. The van der Waals surface area contributed by atoms with Gasteiger partial charge in [0.15, 0.2) is 0 Å². The van der Waals surface area contributed by atoms with Crippen LogP contribution in [0.3, 0.4) is 0 Å². The van der Waals surface area contributed by atoms with E-state index in [1.165, 1.54) is 0 Å². The quantitative estimate of drug-likeness (QED) is 0.323. The van der Waals surface area contributed by atoms with Crippen LogP contribution in [0.2, 0.25) is 0 Å². The molecule has 0 spiro atoms. The summed E-state index contributed by atoms with van der Waals surface area (Å²) in [5, 5.41) is 44.6. The Morgan fingerprint density at radius 2 is 1.71 bits per heavy atom. The van der Waals surface area contributed by atoms with E-state index in [0.29, 0.717) is 0 Å². The summed E-state index contributed by atoms with van der Waals surface area (Å²) in [5.41, 5.74) is 0. The maximum absolute atomic E-state index is 10.7. The van der Waals surface area contributed by atoms with Gasteiger partial charge < -0.3 is 0 Å². The van der Waals surface area contributed by atoms with Crippen LogP contribution in [0.15, 0.2) is 0 Å². The van der Waals surface area contributed by atoms with Crippen LogP contribution in [0, 0.1) is 0 Å². The monoisotopic (exact) mass is 318 g/mol. The van der Waals surface area contributed by atoms with Crippen LogP contribution in [-0.4, -0.2) is 86.0 Å². The number of carbonyl (C=O) groups excluding carboxylic acids is 1. The summed E-state index contributed by atoms with van der Waals surface area (Å²) in [6.07, 6.45) is -7.26. The Kier molecular flexibility index (Phi) is 6.59. The van der Waals surface area contributed by atoms with Gasteiger partial charge in [-0.25, -0.2) is 0 Å². The zero-order valence-electron chi connectivity index (χ0n) is 7.15. The fourth-order valence-corrected chi connectivity index (χ4v) is 1.13. The second-order valence-electron chi connectivity index (χ2n) is 2.61. The van der Waals surface area contributed by atoms with E-state index in [4.69, 9.17) is 25.5 Å². The van der Waals surface area contributed by atoms with Gasteiger partial charge in [0.1, 0.15) is 0 Å². The van der Waals surface area contributed by atoms with Crippen LogP contribution < -0.4 is 0 Å². The second kappa shape index (κ2) is 6.55. The summed E-state index contributed by atoms with van der Waals surface area (Å²) in [7, 11) is 0. The average Bonchev–Trinajstić information content (AvgIpc) is 2.23. The summed E-state index contributed by atoms with van der Waals surface area (Å²) in [5.74, 6) is -1.08. The van der Waals surface area contributed by atoms with Crippen LogP contribution >= 0.6 is 0 Å². The van der Waals surface area contributed by atoms with Gasteiger partial charge in [-0.3, -0.25) is 0 Å². The average molecular weight is 319 g/mol. The first-order valence-electron chi connectivity index (χ1n) is 3.69. The topological polar surface area (TPSA) is 127 Å². The Labute approximate surface area is 94.0 Å². The fraction of sp³-hybridized carbons (Fsp3) is 0.833. The van der Waals surface area contributed by atoms with Gasteiger partial charge in [0.2, 0.25) is 0 Å². The first kappa shape index (κ1) is 14.1. The molecule has 0 heterocycles. The van der Waals surface area contributed by atoms with Crippen molar-refractivity contribution in [3.63, 3.8) is 0 Å². The van der Waals surface area contributed by atoms with E-state index < -0.39 is 37.0 Å². The molecular formula is C6H13O7Sb. The van der Waals surface area contributed by atoms with Crippen molar-refractivity contribution < 1.29 is 33.3 Å². The molecule has 84 valence electrons. The molecule has 0 aromatic carbocycles. The minimum absolute atomic E-state index is 0.106. The molecule has 0 aliphatic rings. The first-order chi connectivity index (χ1) is 6.45. The van der Waals surface area contributed by atoms with Crippen molar-refractivity contribution in [1.29, 1.82) is 0 Å². The maximum atomic E-state index is 10.7. The molecule has 0 saturated heterocycles. The molecule has 0 aromatic heterocycles. The molecule has 8 heteroatoms. The normalized spacial score (nSPS) is 19.6. The molecule has 0 amide bonds. The van der Waals surface area contributed by atoms with Crippen molar-refractivity contribution in [2.24, 2.45) is 0 Å². The van der Waals surface area contributed by atoms with Crippen molar-refractivity contribution in [2.45, 2.75) is 24.4 Å². The van der Waals surface area contributed by atoms with Crippen LogP contribution in [0.25, 0.3) is 0 Å². The van der Waals surface area contributed by atoms with E-state index in [9.17, 15) is 4.79 Å². The van der Waals surface area contributed by atoms with E-state index in [-0.39, 0.29) is 23.4 Å². The van der Waals surface area contributed by atoms with Crippen molar-refractivity contribution in [2.75, 3.05) is 6.61 Å². The molecule has 0 unspecified atom stereocenters. The summed E-state index contributed by atoms with van der Waals surface area (Å²) >= 11 is 0.106. The molecule has 0 bridgehead atoms. The fourth-order valence-electron chi connectivity index (χ4n) is 0.732. The molecule has 0 aliphatic carbocycles. The minimum atomic E-state index is -1.93. The predicted molar refractivity (Wildman–Crippen MR) is 45.7 cm³/mol. The molecule has 0 saturated carbocycles. The van der Waals surface area contributed by atoms with E-state index in [1.807, 2.05) is 0 Å². The van der Waals surface area contributed by atoms with Crippen LogP contribution in [0.5, 0.6) is 0 Å². The van der Waals surface area contributed by atoms with Crippen molar-refractivity contribution in [1.82, 2.24) is 0 Å². The predicted octanol–water partition coefficient (Wildman–Crippen LogP) is -4.49. The van der Waals surface area contributed by atoms with Gasteiger partial charge in [-0.2, -0.15) is 0 Å². The van der Waals surface area contributed by atoms with Gasteiger partial charge in [0.05, 0.1) is 0 Å². The molecule has 5 N–H and O–H groups in total. The third kappa shape index (κ3) is 3.68. The summed E-state index contributed by atoms with van der Waals surface area (Å²) in [6, 6.07) is 0. The van der Waals surface area contributed by atoms with E-state index in [0.717, 1.165) is 0 Å². The van der Waals surface area contributed by atoms with Gasteiger partial charge in [-0.15, -0.1) is 0 Å². The summed E-state index contributed by atoms with van der Waals surface area (Å²) in [4.78, 5) is 10.7. The van der Waals surface area contributed by atoms with E-state index >= 15 is 0 Å². The Morgan fingerprint density at radius 3 is 2.07 bits per heavy atom. The molecule has 0 rings (SSSR count). The molecule has 14 heavy (non-hydrogen) atoms. The number of aliphatic hydroxyl groups is 5. The Hall–Kier alpha value is 0.0882. The second-order valence-corrected chi connectivity index (χ2v) is 3.29. The van der Waals surface area contributed by atoms with E-state index in [2.05, 4.69) is 3.02 Å². The van der Waals surface area contributed by atoms with Gasteiger partial charge >= 0.3 is 93.8 Å². The number of hydrogen-bond acceptors (Lipinski definition) is 7. The molecule has 0 aliphatic heterocycles. The molecular weight excluding hydrogens is 306 g/mol. The summed E-state index contributed by atoms with van der Waals surface area (Å²) in [6.45, 7) is -0.791. The number of aliphatic hydroxyl groups excluding tert-OH is 5. The standard InChI is InChI=1S/C6H12O7.Sb.2H/c7-1-2(8)3(9)4(10)5(11)6(12)13;;;/h2-5,7-11H,1H2,(H,12,13);;;/q;+1;;/p-1/t2-,3-,4+,5-;;;/m1.../s1. The van der Waals surface area contributed by atoms with Crippen LogP contribution in [0.4, 0.5) is 0 Å². The molecule has 0 aromatic rings. The zero-order chi connectivity index (χ0) is 11.3. The van der Waals surface area contributed by atoms with Crippen molar-refractivity contribution >= 4 is 29.4 Å². The SMILES string of the molecule is O=C([O][SbH2])[C@H](O)[C@@H](O)[C@H](O)[C@H](O)CO. The zero-order valence-corrected chi connectivity index (χ0v) is 10.4. The first-order valence-corrected chi connectivity index (χ1v) is 5.04. The van der Waals surface area contributed by atoms with E-state index in [1.54, 1.807) is 0 Å². The van der Waals surface area contributed by atoms with Gasteiger partial charge in [0.25, 0.3) is 0 Å². The molecule has 4 atom stereocenters. The van der Waals surface area contributed by atoms with Crippen LogP contribution in [-0.2, 0) is 7.81 Å². The van der Waals surface area contributed by atoms with Crippen molar-refractivity contribution in [3.8, 4) is 0 Å². The van der Waals surface area contributed by atoms with Gasteiger partial charge in [-0.05, 0) is 0 Å². The molecule has 7 nitrogen and oxygen atoms in total. The Morgan fingerprint density at radius 1 is 1.21 bits per heavy atom. The molecule has 0 radical (unpaired) electrons. The van der Waals surface area contributed by atoms with Crippen molar-refractivity contribution in [3.05, 3.63) is 0 Å². The Bertz CT molecular complexity index is 187. The Balaban J connectivity index is 4.30. The van der Waals surface area contributed by atoms with Gasteiger partial charge in [-0.1, -0.05) is 0 Å². The van der Waals surface area contributed by atoms with Gasteiger partial charge in [0, 0.05) is 0 Å².